The van der Waals surface area contributed by atoms with Gasteiger partial charge in [-0.2, -0.15) is 18.3 Å². The maximum atomic E-state index is 13.7. The fraction of sp³-hybridized carbons (Fsp3) is 0.0588. The molecule has 4 rings (SSSR count). The number of amides is 1. The van der Waals surface area contributed by atoms with Crippen LogP contribution in [0.2, 0.25) is 5.15 Å². The summed E-state index contributed by atoms with van der Waals surface area (Å²) >= 11 is 13.6. The van der Waals surface area contributed by atoms with Crippen LogP contribution < -0.4 is 5.32 Å². The van der Waals surface area contributed by atoms with Crippen LogP contribution in [-0.2, 0) is 6.18 Å². The van der Waals surface area contributed by atoms with Crippen molar-refractivity contribution in [2.45, 2.75) is 6.18 Å². The van der Waals surface area contributed by atoms with Crippen LogP contribution in [-0.4, -0.2) is 25.5 Å². The summed E-state index contributed by atoms with van der Waals surface area (Å²) in [6, 6.07) is 5.61. The number of pyridine rings is 1. The van der Waals surface area contributed by atoms with Gasteiger partial charge in [0.25, 0.3) is 5.91 Å². The summed E-state index contributed by atoms with van der Waals surface area (Å²) in [7, 11) is 0. The highest BCUT2D eigenvalue weighted by Gasteiger charge is 2.36. The Bertz CT molecular complexity index is 1290. The summed E-state index contributed by atoms with van der Waals surface area (Å²) in [5.41, 5.74) is -1.19. The lowest BCUT2D eigenvalue weighted by atomic mass is 10.2. The number of rotatable bonds is 3. The number of aromatic nitrogens is 4. The van der Waals surface area contributed by atoms with Gasteiger partial charge in [-0.25, -0.2) is 14.5 Å². The lowest BCUT2D eigenvalue weighted by Crippen LogP contribution is -2.16. The van der Waals surface area contributed by atoms with Crippen LogP contribution in [0, 0.1) is 0 Å². The largest absolute Gasteiger partial charge is 0.433 e. The second kappa shape index (κ2) is 7.91. The molecule has 4 aromatic rings. The van der Waals surface area contributed by atoms with Crippen molar-refractivity contribution in [3.63, 3.8) is 0 Å². The monoisotopic (exact) mass is 579 g/mol. The van der Waals surface area contributed by atoms with Gasteiger partial charge in [0, 0.05) is 16.0 Å². The molecule has 0 radical (unpaired) electrons. The van der Waals surface area contributed by atoms with Crippen LogP contribution in [0.1, 0.15) is 16.2 Å². The number of halogens is 6. The van der Waals surface area contributed by atoms with E-state index >= 15 is 0 Å². The van der Waals surface area contributed by atoms with Gasteiger partial charge in [0.15, 0.2) is 22.2 Å². The van der Waals surface area contributed by atoms with E-state index < -0.39 is 17.8 Å². The Morgan fingerprint density at radius 2 is 2.03 bits per heavy atom. The van der Waals surface area contributed by atoms with Gasteiger partial charge in [-0.15, -0.1) is 11.3 Å². The van der Waals surface area contributed by atoms with Gasteiger partial charge in [0.1, 0.15) is 0 Å². The Morgan fingerprint density at radius 3 is 2.67 bits per heavy atom. The number of thiophene rings is 1. The molecule has 4 heterocycles. The maximum Gasteiger partial charge on any atom is 0.433 e. The Morgan fingerprint density at radius 1 is 1.27 bits per heavy atom. The molecular weight excluding hydrogens is 575 g/mol. The van der Waals surface area contributed by atoms with Crippen molar-refractivity contribution in [2.75, 3.05) is 5.32 Å². The van der Waals surface area contributed by atoms with Crippen LogP contribution in [0.3, 0.4) is 0 Å². The van der Waals surface area contributed by atoms with Gasteiger partial charge in [-0.3, -0.25) is 4.79 Å². The molecule has 0 spiro atoms. The van der Waals surface area contributed by atoms with Gasteiger partial charge < -0.3 is 5.32 Å². The first kappa shape index (κ1) is 21.2. The first-order chi connectivity index (χ1) is 14.1. The molecule has 30 heavy (non-hydrogen) atoms. The fourth-order valence-electron chi connectivity index (χ4n) is 2.57. The third-order valence-corrected chi connectivity index (χ3v) is 6.61. The third kappa shape index (κ3) is 3.96. The molecule has 0 aliphatic carbocycles. The van der Waals surface area contributed by atoms with Crippen LogP contribution in [0.5, 0.6) is 0 Å². The summed E-state index contributed by atoms with van der Waals surface area (Å²) in [5, 5.41) is 8.10. The summed E-state index contributed by atoms with van der Waals surface area (Å²) in [6.45, 7) is 0. The van der Waals surface area contributed by atoms with Crippen LogP contribution in [0.4, 0.5) is 18.9 Å². The molecule has 0 aliphatic heterocycles. The number of nitrogens with one attached hydrogen (secondary N) is 1. The minimum absolute atomic E-state index is 0.0167. The molecule has 6 nitrogen and oxygen atoms in total. The Hall–Kier alpha value is -2.02. The summed E-state index contributed by atoms with van der Waals surface area (Å²) in [6.07, 6.45) is -3.29. The van der Waals surface area contributed by atoms with E-state index in [-0.39, 0.29) is 32.3 Å². The van der Waals surface area contributed by atoms with E-state index in [1.165, 1.54) is 23.6 Å². The van der Waals surface area contributed by atoms with E-state index in [1.54, 1.807) is 17.5 Å². The molecule has 1 N–H and O–H groups in total. The molecule has 0 saturated heterocycles. The van der Waals surface area contributed by atoms with Crippen molar-refractivity contribution >= 4 is 72.0 Å². The van der Waals surface area contributed by atoms with Crippen molar-refractivity contribution in [3.05, 3.63) is 61.3 Å². The number of anilines is 1. The number of alkyl halides is 3. The van der Waals surface area contributed by atoms with Gasteiger partial charge in [-0.1, -0.05) is 11.6 Å². The molecule has 0 bridgehead atoms. The molecule has 0 saturated carbocycles. The molecule has 0 atom stereocenters. The van der Waals surface area contributed by atoms with Crippen molar-refractivity contribution in [2.24, 2.45) is 0 Å². The minimum atomic E-state index is -4.73. The van der Waals surface area contributed by atoms with E-state index in [4.69, 9.17) is 11.6 Å². The number of carbonyl (C=O) groups excluding carboxylic acids is 1. The second-order valence-corrected chi connectivity index (χ2v) is 8.83. The average Bonchev–Trinajstić information content (AvgIpc) is 3.26. The number of fused-ring (bicyclic) bond motifs is 1. The maximum absolute atomic E-state index is 13.7. The summed E-state index contributed by atoms with van der Waals surface area (Å²) in [4.78, 5) is 21.3. The number of carbonyl (C=O) groups is 1. The predicted molar refractivity (Wildman–Crippen MR) is 114 cm³/mol. The lowest BCUT2D eigenvalue weighted by molar-refractivity contribution is -0.142. The van der Waals surface area contributed by atoms with Crippen molar-refractivity contribution in [3.8, 4) is 10.6 Å². The molecule has 4 aromatic heterocycles. The standard InChI is InChI=1S/C17H7Br2ClF3N5OS/c18-7-4-10(30-6-7)9-5-11(17(21,22)23)28-15(25-9)12(19)13(27-28)16(29)26-8-2-1-3-24-14(8)20/h1-6H,(H,26,29). The minimum Gasteiger partial charge on any atom is -0.318 e. The van der Waals surface area contributed by atoms with Gasteiger partial charge in [0.2, 0.25) is 0 Å². The molecule has 0 aliphatic rings. The Labute approximate surface area is 192 Å². The highest BCUT2D eigenvalue weighted by atomic mass is 79.9. The molecule has 0 unspecified atom stereocenters. The summed E-state index contributed by atoms with van der Waals surface area (Å²) < 4.78 is 42.5. The first-order valence-corrected chi connectivity index (χ1v) is 10.8. The normalized spacial score (nSPS) is 11.8. The summed E-state index contributed by atoms with van der Waals surface area (Å²) in [5.74, 6) is -0.768. The van der Waals surface area contributed by atoms with E-state index in [2.05, 4.69) is 52.2 Å². The molecule has 154 valence electrons. The third-order valence-electron chi connectivity index (χ3n) is 3.87. The number of hydrogen-bond acceptors (Lipinski definition) is 5. The van der Waals surface area contributed by atoms with Crippen LogP contribution in [0.25, 0.3) is 16.2 Å². The topological polar surface area (TPSA) is 72.2 Å². The number of hydrogen-bond donors (Lipinski definition) is 1. The zero-order chi connectivity index (χ0) is 21.6. The Balaban J connectivity index is 1.86. The highest BCUT2D eigenvalue weighted by Crippen LogP contribution is 2.37. The quantitative estimate of drug-likeness (QED) is 0.288. The second-order valence-electron chi connectivity index (χ2n) is 5.85. The van der Waals surface area contributed by atoms with Crippen molar-refractivity contribution < 1.29 is 18.0 Å². The van der Waals surface area contributed by atoms with Gasteiger partial charge >= 0.3 is 6.18 Å². The van der Waals surface area contributed by atoms with Crippen LogP contribution in [0.15, 0.2) is 44.8 Å². The lowest BCUT2D eigenvalue weighted by Gasteiger charge is -2.10. The molecule has 13 heteroatoms. The molecular formula is C17H7Br2ClF3N5OS. The zero-order valence-electron chi connectivity index (χ0n) is 14.3. The van der Waals surface area contributed by atoms with E-state index in [1.807, 2.05) is 0 Å². The van der Waals surface area contributed by atoms with Crippen molar-refractivity contribution in [1.29, 1.82) is 0 Å². The molecule has 0 fully saturated rings. The van der Waals surface area contributed by atoms with Crippen LogP contribution >= 0.6 is 54.8 Å². The fourth-order valence-corrected chi connectivity index (χ4v) is 4.64. The van der Waals surface area contributed by atoms with Crippen molar-refractivity contribution in [1.82, 2.24) is 19.6 Å². The SMILES string of the molecule is O=C(Nc1cccnc1Cl)c1nn2c(C(F)(F)F)cc(-c3cc(Br)cs3)nc2c1Br. The average molecular weight is 582 g/mol. The van der Waals surface area contributed by atoms with Gasteiger partial charge in [-0.05, 0) is 56.1 Å². The Kier molecular flexibility index (Phi) is 5.60. The van der Waals surface area contributed by atoms with Gasteiger partial charge in [0.05, 0.1) is 20.7 Å². The highest BCUT2D eigenvalue weighted by molar-refractivity contribution is 9.11. The van der Waals surface area contributed by atoms with E-state index in [9.17, 15) is 18.0 Å². The molecule has 1 amide bonds. The van der Waals surface area contributed by atoms with E-state index in [0.717, 1.165) is 10.5 Å². The zero-order valence-corrected chi connectivity index (χ0v) is 19.1. The number of nitrogens with zero attached hydrogens (tertiary/aromatic N) is 4. The first-order valence-electron chi connectivity index (χ1n) is 7.98. The van der Waals surface area contributed by atoms with E-state index in [0.29, 0.717) is 9.39 Å². The molecule has 0 aromatic carbocycles. The smallest absolute Gasteiger partial charge is 0.318 e. The predicted octanol–water partition coefficient (Wildman–Crippen LogP) is 6.30.